The van der Waals surface area contributed by atoms with Crippen LogP contribution in [-0.4, -0.2) is 65.3 Å². The van der Waals surface area contributed by atoms with Crippen molar-refractivity contribution in [2.45, 2.75) is 47.9 Å². The van der Waals surface area contributed by atoms with Gasteiger partial charge in [0.15, 0.2) is 14.2 Å². The molecule has 1 saturated carbocycles. The number of nitrogens with one attached hydrogen (secondary N) is 1. The molecule has 7 nitrogen and oxygen atoms in total. The van der Waals surface area contributed by atoms with E-state index in [1.54, 1.807) is 11.9 Å². The second-order valence-corrected chi connectivity index (χ2v) is 10.9. The Morgan fingerprint density at radius 2 is 2.13 bits per heavy atom. The summed E-state index contributed by atoms with van der Waals surface area (Å²) in [6, 6.07) is 0.312. The van der Waals surface area contributed by atoms with E-state index in [2.05, 4.69) is 15.5 Å². The molecule has 0 radical (unpaired) electrons. The number of sulfone groups is 1. The quantitative estimate of drug-likeness (QED) is 0.747. The van der Waals surface area contributed by atoms with Crippen LogP contribution in [0.25, 0.3) is 0 Å². The van der Waals surface area contributed by atoms with E-state index in [1.165, 1.54) is 35.9 Å². The highest BCUT2D eigenvalue weighted by atomic mass is 32.2. The third-order valence-electron chi connectivity index (χ3n) is 4.04. The molecule has 2 aliphatic rings. The molecule has 1 N–H and O–H groups in total. The molecular weight excluding hydrogens is 356 g/mol. The largest absolute Gasteiger partial charge is 0.357 e. The highest BCUT2D eigenvalue weighted by molar-refractivity contribution is 8.02. The van der Waals surface area contributed by atoms with Crippen LogP contribution in [0.5, 0.6) is 0 Å². The number of thioether (sulfide) groups is 1. The van der Waals surface area contributed by atoms with Crippen LogP contribution in [0.1, 0.15) is 26.2 Å². The number of carbonyl (C=O) groups excluding carboxylic acids is 1. The van der Waals surface area contributed by atoms with Gasteiger partial charge >= 0.3 is 0 Å². The Hall–Kier alpha value is -0.870. The van der Waals surface area contributed by atoms with Crippen molar-refractivity contribution in [2.75, 3.05) is 23.9 Å². The number of rotatable bonds is 6. The van der Waals surface area contributed by atoms with Crippen molar-refractivity contribution in [3.05, 3.63) is 0 Å². The molecule has 0 spiro atoms. The van der Waals surface area contributed by atoms with Gasteiger partial charge in [-0.3, -0.25) is 4.79 Å². The SMILES string of the molecule is C[C@H](Sc1nnc(NC2CC2)s1)C(=O)N(C)[C@H]1CCS(=O)(=O)C1. The van der Waals surface area contributed by atoms with E-state index in [-0.39, 0.29) is 28.7 Å². The lowest BCUT2D eigenvalue weighted by Crippen LogP contribution is -2.41. The van der Waals surface area contributed by atoms with Gasteiger partial charge in [-0.25, -0.2) is 8.42 Å². The topological polar surface area (TPSA) is 92.3 Å². The molecule has 23 heavy (non-hydrogen) atoms. The van der Waals surface area contributed by atoms with Crippen molar-refractivity contribution in [3.63, 3.8) is 0 Å². The second kappa shape index (κ2) is 6.56. The van der Waals surface area contributed by atoms with Gasteiger partial charge in [0.25, 0.3) is 0 Å². The molecule has 0 unspecified atom stereocenters. The number of anilines is 1. The molecule has 0 aromatic carbocycles. The van der Waals surface area contributed by atoms with Crippen LogP contribution in [-0.2, 0) is 14.6 Å². The van der Waals surface area contributed by atoms with Gasteiger partial charge in [0.05, 0.1) is 16.8 Å². The van der Waals surface area contributed by atoms with E-state index >= 15 is 0 Å². The van der Waals surface area contributed by atoms with Gasteiger partial charge in [0, 0.05) is 19.1 Å². The van der Waals surface area contributed by atoms with Crippen LogP contribution in [0, 0.1) is 0 Å². The number of aromatic nitrogens is 2. The van der Waals surface area contributed by atoms with Gasteiger partial charge in [0.1, 0.15) is 0 Å². The van der Waals surface area contributed by atoms with Gasteiger partial charge in [0.2, 0.25) is 11.0 Å². The molecule has 10 heteroatoms. The van der Waals surface area contributed by atoms with Gasteiger partial charge in [-0.05, 0) is 26.2 Å². The first-order valence-electron chi connectivity index (χ1n) is 7.58. The lowest BCUT2D eigenvalue weighted by molar-refractivity contribution is -0.130. The third-order valence-corrected chi connectivity index (χ3v) is 7.82. The highest BCUT2D eigenvalue weighted by Crippen LogP contribution is 2.32. The summed E-state index contributed by atoms with van der Waals surface area (Å²) in [6.45, 7) is 1.82. The molecule has 128 valence electrons. The predicted octanol–water partition coefficient (Wildman–Crippen LogP) is 1.24. The molecule has 2 heterocycles. The van der Waals surface area contributed by atoms with Crippen molar-refractivity contribution < 1.29 is 13.2 Å². The van der Waals surface area contributed by atoms with E-state index in [0.29, 0.717) is 12.5 Å². The Kier molecular flexibility index (Phi) is 4.84. The molecule has 3 rings (SSSR count). The first-order valence-corrected chi connectivity index (χ1v) is 11.1. The van der Waals surface area contributed by atoms with E-state index in [9.17, 15) is 13.2 Å². The Morgan fingerprint density at radius 3 is 2.74 bits per heavy atom. The average molecular weight is 377 g/mol. The monoisotopic (exact) mass is 376 g/mol. The molecule has 1 amide bonds. The van der Waals surface area contributed by atoms with Crippen molar-refractivity contribution in [1.29, 1.82) is 0 Å². The maximum absolute atomic E-state index is 12.5. The van der Waals surface area contributed by atoms with E-state index in [0.717, 1.165) is 9.47 Å². The Balaban J connectivity index is 1.55. The molecule has 0 bridgehead atoms. The molecule has 2 atom stereocenters. The minimum Gasteiger partial charge on any atom is -0.357 e. The van der Waals surface area contributed by atoms with E-state index in [1.807, 2.05) is 6.92 Å². The molecule has 1 aliphatic carbocycles. The van der Waals surface area contributed by atoms with Gasteiger partial charge < -0.3 is 10.2 Å². The standard InChI is InChI=1S/C13H20N4O3S3/c1-8(11(18)17(2)10-5-6-23(19,20)7-10)21-13-16-15-12(22-13)14-9-3-4-9/h8-10H,3-7H2,1-2H3,(H,14,15)/t8-,10-/m0/s1. The van der Waals surface area contributed by atoms with Crippen molar-refractivity contribution in [3.8, 4) is 0 Å². The van der Waals surface area contributed by atoms with Crippen LogP contribution in [0.3, 0.4) is 0 Å². The fourth-order valence-corrected chi connectivity index (χ4v) is 6.32. The lowest BCUT2D eigenvalue weighted by atomic mass is 10.2. The molecule has 1 aromatic heterocycles. The Morgan fingerprint density at radius 1 is 1.39 bits per heavy atom. The normalized spacial score (nSPS) is 24.3. The van der Waals surface area contributed by atoms with Crippen LogP contribution in [0.15, 0.2) is 4.34 Å². The maximum Gasteiger partial charge on any atom is 0.235 e. The van der Waals surface area contributed by atoms with Crippen molar-refractivity contribution in [1.82, 2.24) is 15.1 Å². The van der Waals surface area contributed by atoms with Crippen LogP contribution >= 0.6 is 23.1 Å². The van der Waals surface area contributed by atoms with E-state index < -0.39 is 9.84 Å². The van der Waals surface area contributed by atoms with Crippen LogP contribution in [0.4, 0.5) is 5.13 Å². The fraction of sp³-hybridized carbons (Fsp3) is 0.769. The van der Waals surface area contributed by atoms with Gasteiger partial charge in [-0.15, -0.1) is 10.2 Å². The summed E-state index contributed by atoms with van der Waals surface area (Å²) in [4.78, 5) is 14.1. The van der Waals surface area contributed by atoms with Gasteiger partial charge in [-0.1, -0.05) is 23.1 Å². The zero-order valence-electron chi connectivity index (χ0n) is 13.1. The second-order valence-electron chi connectivity index (χ2n) is 6.06. The first-order chi connectivity index (χ1) is 10.8. The van der Waals surface area contributed by atoms with E-state index in [4.69, 9.17) is 0 Å². The zero-order valence-corrected chi connectivity index (χ0v) is 15.5. The van der Waals surface area contributed by atoms with Crippen LogP contribution < -0.4 is 5.32 Å². The smallest absolute Gasteiger partial charge is 0.235 e. The fourth-order valence-electron chi connectivity index (χ4n) is 2.47. The molecule has 1 aromatic rings. The summed E-state index contributed by atoms with van der Waals surface area (Å²) in [5, 5.41) is 12.0. The summed E-state index contributed by atoms with van der Waals surface area (Å²) >= 11 is 2.82. The zero-order chi connectivity index (χ0) is 16.6. The first kappa shape index (κ1) is 17.0. The molecule has 1 saturated heterocycles. The minimum absolute atomic E-state index is 0.0657. The Labute approximate surface area is 144 Å². The van der Waals surface area contributed by atoms with Gasteiger partial charge in [-0.2, -0.15) is 0 Å². The van der Waals surface area contributed by atoms with Crippen molar-refractivity contribution >= 4 is 44.0 Å². The van der Waals surface area contributed by atoms with Crippen LogP contribution in [0.2, 0.25) is 0 Å². The lowest BCUT2D eigenvalue weighted by Gasteiger charge is -2.25. The number of nitrogens with zero attached hydrogens (tertiary/aromatic N) is 3. The Bertz CT molecular complexity index is 686. The third kappa shape index (κ3) is 4.36. The predicted molar refractivity (Wildman–Crippen MR) is 91.7 cm³/mol. The number of hydrogen-bond acceptors (Lipinski definition) is 8. The maximum atomic E-state index is 12.5. The molecular formula is C13H20N4O3S3. The summed E-state index contributed by atoms with van der Waals surface area (Å²) in [7, 11) is -1.30. The van der Waals surface area contributed by atoms with Crippen molar-refractivity contribution in [2.24, 2.45) is 0 Å². The number of carbonyl (C=O) groups is 1. The summed E-state index contributed by atoms with van der Waals surface area (Å²) in [6.07, 6.45) is 2.87. The summed E-state index contributed by atoms with van der Waals surface area (Å²) in [5.41, 5.74) is 0. The minimum atomic E-state index is -2.99. The molecule has 2 fully saturated rings. The molecule has 1 aliphatic heterocycles. The summed E-state index contributed by atoms with van der Waals surface area (Å²) < 4.78 is 23.9. The number of amides is 1. The summed E-state index contributed by atoms with van der Waals surface area (Å²) in [5.74, 6) is 0.175. The average Bonchev–Trinajstić information content (AvgIpc) is 3.07. The highest BCUT2D eigenvalue weighted by Gasteiger charge is 2.34. The number of hydrogen-bond donors (Lipinski definition) is 1.